The van der Waals surface area contributed by atoms with E-state index in [0.29, 0.717) is 24.6 Å². The number of aromatic nitrogens is 3. The van der Waals surface area contributed by atoms with Crippen LogP contribution in [0.25, 0.3) is 10.9 Å². The van der Waals surface area contributed by atoms with E-state index < -0.39 is 0 Å². The molecular formula is C20H22FN5O. The maximum absolute atomic E-state index is 13.9. The number of nitrogens with zero attached hydrogens (tertiary/aromatic N) is 3. The second-order valence-electron chi connectivity index (χ2n) is 6.94. The minimum atomic E-state index is -0.288. The van der Waals surface area contributed by atoms with Crippen molar-refractivity contribution in [2.24, 2.45) is 0 Å². The number of piperidine rings is 1. The number of nitrogens with one attached hydrogen (secondary N) is 2. The van der Waals surface area contributed by atoms with Crippen molar-refractivity contribution in [2.45, 2.75) is 32.2 Å². The highest BCUT2D eigenvalue weighted by atomic mass is 19.1. The maximum Gasteiger partial charge on any atom is 0.227 e. The third-order valence-corrected chi connectivity index (χ3v) is 5.18. The summed E-state index contributed by atoms with van der Waals surface area (Å²) < 4.78 is 13.9. The van der Waals surface area contributed by atoms with E-state index in [1.807, 2.05) is 17.9 Å². The molecule has 0 bridgehead atoms. The van der Waals surface area contributed by atoms with Crippen LogP contribution in [0, 0.1) is 12.7 Å². The Morgan fingerprint density at radius 2 is 2.00 bits per heavy atom. The molecule has 0 spiro atoms. The normalized spacial score (nSPS) is 15.3. The number of aromatic amines is 1. The molecule has 6 nitrogen and oxygen atoms in total. The number of carbonyl (C=O) groups excluding carboxylic acids is 1. The number of aryl methyl sites for hydroxylation is 1. The van der Waals surface area contributed by atoms with Gasteiger partial charge in [-0.25, -0.2) is 14.4 Å². The summed E-state index contributed by atoms with van der Waals surface area (Å²) in [6.45, 7) is 3.27. The van der Waals surface area contributed by atoms with Crippen molar-refractivity contribution < 1.29 is 9.18 Å². The van der Waals surface area contributed by atoms with Crippen LogP contribution in [0.5, 0.6) is 0 Å². The molecule has 3 heterocycles. The van der Waals surface area contributed by atoms with Crippen LogP contribution in [0.4, 0.5) is 10.3 Å². The number of carbonyl (C=O) groups is 1. The molecule has 1 fully saturated rings. The molecule has 1 aromatic carbocycles. The van der Waals surface area contributed by atoms with Gasteiger partial charge in [0.25, 0.3) is 0 Å². The summed E-state index contributed by atoms with van der Waals surface area (Å²) in [5, 5.41) is 4.11. The van der Waals surface area contributed by atoms with E-state index in [4.69, 9.17) is 0 Å². The number of H-pyrrole nitrogens is 1. The summed E-state index contributed by atoms with van der Waals surface area (Å²) in [5.41, 5.74) is 2.21. The van der Waals surface area contributed by atoms with Gasteiger partial charge in [0.1, 0.15) is 5.82 Å². The number of hydrogen-bond acceptors (Lipinski definition) is 4. The summed E-state index contributed by atoms with van der Waals surface area (Å²) in [4.78, 5) is 26.1. The van der Waals surface area contributed by atoms with Gasteiger partial charge in [0.15, 0.2) is 0 Å². The van der Waals surface area contributed by atoms with Crippen molar-refractivity contribution in [2.75, 3.05) is 18.4 Å². The lowest BCUT2D eigenvalue weighted by atomic mass is 10.0. The summed E-state index contributed by atoms with van der Waals surface area (Å²) >= 11 is 0. The maximum atomic E-state index is 13.9. The van der Waals surface area contributed by atoms with E-state index >= 15 is 0 Å². The number of amides is 1. The van der Waals surface area contributed by atoms with Gasteiger partial charge in [-0.05, 0) is 37.5 Å². The number of benzene rings is 1. The predicted octanol–water partition coefficient (Wildman–Crippen LogP) is 3.05. The van der Waals surface area contributed by atoms with Gasteiger partial charge < -0.3 is 15.2 Å². The van der Waals surface area contributed by atoms with Crippen LogP contribution in [0.15, 0.2) is 36.7 Å². The molecule has 0 atom stereocenters. The Morgan fingerprint density at radius 1 is 1.26 bits per heavy atom. The zero-order valence-electron chi connectivity index (χ0n) is 15.2. The Labute approximate surface area is 156 Å². The number of rotatable bonds is 4. The first kappa shape index (κ1) is 17.5. The van der Waals surface area contributed by atoms with E-state index in [1.165, 1.54) is 6.07 Å². The smallest absolute Gasteiger partial charge is 0.227 e. The van der Waals surface area contributed by atoms with E-state index in [9.17, 15) is 9.18 Å². The zero-order chi connectivity index (χ0) is 18.8. The van der Waals surface area contributed by atoms with Crippen molar-refractivity contribution >= 4 is 22.8 Å². The molecule has 1 aliphatic heterocycles. The largest absolute Gasteiger partial charge is 0.356 e. The SMILES string of the molecule is Cc1[nH]c2c(F)cccc2c1CC(=O)N1CCC(Nc2ncccn2)CC1. The highest BCUT2D eigenvalue weighted by Crippen LogP contribution is 2.25. The topological polar surface area (TPSA) is 73.9 Å². The Bertz CT molecular complexity index is 948. The second kappa shape index (κ2) is 7.34. The fourth-order valence-electron chi connectivity index (χ4n) is 3.69. The number of likely N-dealkylation sites (tertiary alicyclic amines) is 1. The van der Waals surface area contributed by atoms with Gasteiger partial charge in [0.05, 0.1) is 11.9 Å². The van der Waals surface area contributed by atoms with Crippen molar-refractivity contribution in [3.63, 3.8) is 0 Å². The Hall–Kier alpha value is -2.96. The molecule has 2 aromatic heterocycles. The lowest BCUT2D eigenvalue weighted by molar-refractivity contribution is -0.131. The Balaban J connectivity index is 1.39. The Kier molecular flexibility index (Phi) is 4.75. The molecule has 0 saturated carbocycles. The monoisotopic (exact) mass is 367 g/mol. The van der Waals surface area contributed by atoms with Crippen LogP contribution in [-0.4, -0.2) is 44.9 Å². The molecule has 27 heavy (non-hydrogen) atoms. The van der Waals surface area contributed by atoms with E-state index in [-0.39, 0.29) is 24.2 Å². The van der Waals surface area contributed by atoms with E-state index in [0.717, 1.165) is 29.5 Å². The predicted molar refractivity (Wildman–Crippen MR) is 102 cm³/mol. The molecule has 0 unspecified atom stereocenters. The fraction of sp³-hybridized carbons (Fsp3) is 0.350. The molecule has 1 amide bonds. The zero-order valence-corrected chi connectivity index (χ0v) is 15.2. The van der Waals surface area contributed by atoms with Crippen molar-refractivity contribution in [3.05, 3.63) is 53.7 Å². The highest BCUT2D eigenvalue weighted by molar-refractivity contribution is 5.90. The van der Waals surface area contributed by atoms with E-state index in [2.05, 4.69) is 20.3 Å². The number of halogens is 1. The van der Waals surface area contributed by atoms with Crippen LogP contribution in [0.2, 0.25) is 0 Å². The van der Waals surface area contributed by atoms with Gasteiger partial charge >= 0.3 is 0 Å². The minimum Gasteiger partial charge on any atom is -0.356 e. The third kappa shape index (κ3) is 3.63. The summed E-state index contributed by atoms with van der Waals surface area (Å²) in [6.07, 6.45) is 5.41. The first-order valence-corrected chi connectivity index (χ1v) is 9.19. The first-order valence-electron chi connectivity index (χ1n) is 9.19. The molecule has 0 aliphatic carbocycles. The molecule has 3 aromatic rings. The van der Waals surface area contributed by atoms with Crippen LogP contribution in [0.1, 0.15) is 24.1 Å². The number of anilines is 1. The third-order valence-electron chi connectivity index (χ3n) is 5.18. The number of para-hydroxylation sites is 1. The molecule has 0 radical (unpaired) electrons. The summed E-state index contributed by atoms with van der Waals surface area (Å²) in [6, 6.07) is 7.02. The lowest BCUT2D eigenvalue weighted by Crippen LogP contribution is -2.43. The second-order valence-corrected chi connectivity index (χ2v) is 6.94. The molecule has 1 aliphatic rings. The van der Waals surface area contributed by atoms with Gasteiger partial charge in [-0.1, -0.05) is 12.1 Å². The minimum absolute atomic E-state index is 0.0812. The van der Waals surface area contributed by atoms with Gasteiger partial charge in [-0.2, -0.15) is 0 Å². The molecule has 4 rings (SSSR count). The number of fused-ring (bicyclic) bond motifs is 1. The molecule has 140 valence electrons. The van der Waals surface area contributed by atoms with Gasteiger partial charge in [-0.15, -0.1) is 0 Å². The van der Waals surface area contributed by atoms with Gasteiger partial charge in [0, 0.05) is 42.6 Å². The average molecular weight is 367 g/mol. The average Bonchev–Trinajstić information content (AvgIpc) is 3.00. The number of hydrogen-bond donors (Lipinski definition) is 2. The molecule has 1 saturated heterocycles. The van der Waals surface area contributed by atoms with Crippen LogP contribution >= 0.6 is 0 Å². The van der Waals surface area contributed by atoms with Gasteiger partial charge in [0.2, 0.25) is 11.9 Å². The first-order chi connectivity index (χ1) is 13.1. The lowest BCUT2D eigenvalue weighted by Gasteiger charge is -2.32. The Morgan fingerprint density at radius 3 is 2.74 bits per heavy atom. The van der Waals surface area contributed by atoms with Crippen LogP contribution in [-0.2, 0) is 11.2 Å². The van der Waals surface area contributed by atoms with Crippen LogP contribution in [0.3, 0.4) is 0 Å². The molecule has 2 N–H and O–H groups in total. The standard InChI is InChI=1S/C20H22FN5O/c1-13-16(15-4-2-5-17(21)19(15)24-13)12-18(27)26-10-6-14(7-11-26)25-20-22-8-3-9-23-20/h2-5,8-9,14,24H,6-7,10-12H2,1H3,(H,22,23,25). The van der Waals surface area contributed by atoms with Crippen LogP contribution < -0.4 is 5.32 Å². The van der Waals surface area contributed by atoms with Crippen molar-refractivity contribution in [1.29, 1.82) is 0 Å². The van der Waals surface area contributed by atoms with Crippen molar-refractivity contribution in [1.82, 2.24) is 19.9 Å². The molecular weight excluding hydrogens is 345 g/mol. The highest BCUT2D eigenvalue weighted by Gasteiger charge is 2.24. The van der Waals surface area contributed by atoms with Gasteiger partial charge in [-0.3, -0.25) is 4.79 Å². The van der Waals surface area contributed by atoms with E-state index in [1.54, 1.807) is 24.5 Å². The summed E-state index contributed by atoms with van der Waals surface area (Å²) in [7, 11) is 0. The fourth-order valence-corrected chi connectivity index (χ4v) is 3.69. The van der Waals surface area contributed by atoms with Crippen molar-refractivity contribution in [3.8, 4) is 0 Å². The quantitative estimate of drug-likeness (QED) is 0.743. The molecule has 7 heteroatoms. The summed E-state index contributed by atoms with van der Waals surface area (Å²) in [5.74, 6) is 0.417.